The maximum absolute atomic E-state index is 12.4. The average Bonchev–Trinajstić information content (AvgIpc) is 2.99. The molecule has 116 valence electrons. The molecule has 0 aliphatic carbocycles. The van der Waals surface area contributed by atoms with Gasteiger partial charge in [0, 0.05) is 13.1 Å². The van der Waals surface area contributed by atoms with Crippen molar-refractivity contribution >= 4 is 11.8 Å². The molecule has 0 aliphatic heterocycles. The van der Waals surface area contributed by atoms with Gasteiger partial charge in [-0.1, -0.05) is 60.7 Å². The third kappa shape index (κ3) is 3.58. The number of hydrogen-bond acceptors (Lipinski definition) is 2. The fourth-order valence-electron chi connectivity index (χ4n) is 2.43. The van der Waals surface area contributed by atoms with E-state index >= 15 is 0 Å². The van der Waals surface area contributed by atoms with Crippen LogP contribution in [0.25, 0.3) is 0 Å². The van der Waals surface area contributed by atoms with Crippen molar-refractivity contribution in [3.8, 4) is 0 Å². The smallest absolute Gasteiger partial charge is 0.321 e. The van der Waals surface area contributed by atoms with Gasteiger partial charge in [0.25, 0.3) is 0 Å². The Bertz CT molecular complexity index is 728. The fourth-order valence-corrected chi connectivity index (χ4v) is 2.43. The minimum atomic E-state index is -0.272. The molecule has 1 heterocycles. The van der Waals surface area contributed by atoms with Crippen LogP contribution in [0.3, 0.4) is 0 Å². The molecule has 3 aromatic rings. The minimum Gasteiger partial charge on any atom is -0.327 e. The summed E-state index contributed by atoms with van der Waals surface area (Å²) >= 11 is 0. The van der Waals surface area contributed by atoms with E-state index in [1.165, 1.54) is 0 Å². The maximum Gasteiger partial charge on any atom is 0.321 e. The number of benzene rings is 2. The van der Waals surface area contributed by atoms with Crippen LogP contribution in [0.4, 0.5) is 10.6 Å². The summed E-state index contributed by atoms with van der Waals surface area (Å²) in [5.74, 6) is 0.641. The highest BCUT2D eigenvalue weighted by molar-refractivity contribution is 5.88. The van der Waals surface area contributed by atoms with Gasteiger partial charge >= 0.3 is 6.03 Å². The van der Waals surface area contributed by atoms with E-state index in [1.54, 1.807) is 24.0 Å². The van der Waals surface area contributed by atoms with E-state index in [9.17, 15) is 4.79 Å². The number of rotatable bonds is 4. The van der Waals surface area contributed by atoms with Crippen LogP contribution in [-0.4, -0.2) is 15.8 Å². The molecule has 5 heteroatoms. The van der Waals surface area contributed by atoms with Gasteiger partial charge in [0.15, 0.2) is 0 Å². The number of anilines is 1. The van der Waals surface area contributed by atoms with Crippen molar-refractivity contribution in [1.29, 1.82) is 0 Å². The number of aryl methyl sites for hydroxylation is 1. The van der Waals surface area contributed by atoms with Gasteiger partial charge < -0.3 is 5.32 Å². The zero-order valence-corrected chi connectivity index (χ0v) is 12.8. The second kappa shape index (κ2) is 6.79. The molecule has 0 saturated carbocycles. The van der Waals surface area contributed by atoms with Crippen LogP contribution in [-0.2, 0) is 7.05 Å². The monoisotopic (exact) mass is 306 g/mol. The van der Waals surface area contributed by atoms with Crippen molar-refractivity contribution in [2.75, 3.05) is 5.32 Å². The molecule has 23 heavy (non-hydrogen) atoms. The van der Waals surface area contributed by atoms with Gasteiger partial charge in [0.05, 0.1) is 12.2 Å². The van der Waals surface area contributed by atoms with E-state index in [0.29, 0.717) is 5.82 Å². The number of aromatic nitrogens is 2. The Morgan fingerprint density at radius 3 is 2.00 bits per heavy atom. The van der Waals surface area contributed by atoms with Crippen LogP contribution in [0.15, 0.2) is 72.9 Å². The predicted octanol–water partition coefficient (Wildman–Crippen LogP) is 3.33. The Labute approximate surface area is 135 Å². The summed E-state index contributed by atoms with van der Waals surface area (Å²) in [7, 11) is 1.78. The largest absolute Gasteiger partial charge is 0.327 e. The summed E-state index contributed by atoms with van der Waals surface area (Å²) in [6, 6.07) is 21.0. The molecule has 0 bridgehead atoms. The summed E-state index contributed by atoms with van der Waals surface area (Å²) in [5, 5.41) is 9.87. The van der Waals surface area contributed by atoms with Gasteiger partial charge in [0.1, 0.15) is 5.82 Å². The molecule has 0 radical (unpaired) electrons. The first-order valence-electron chi connectivity index (χ1n) is 7.39. The number of carbonyl (C=O) groups excluding carboxylic acids is 1. The fraction of sp³-hybridized carbons (Fsp3) is 0.111. The number of hydrogen-bond donors (Lipinski definition) is 2. The Morgan fingerprint density at radius 1 is 0.957 bits per heavy atom. The number of nitrogens with one attached hydrogen (secondary N) is 2. The lowest BCUT2D eigenvalue weighted by molar-refractivity contribution is 0.250. The van der Waals surface area contributed by atoms with E-state index < -0.39 is 0 Å². The zero-order valence-electron chi connectivity index (χ0n) is 12.8. The molecule has 5 nitrogen and oxygen atoms in total. The molecular formula is C18H18N4O. The Morgan fingerprint density at radius 2 is 1.52 bits per heavy atom. The highest BCUT2D eigenvalue weighted by Gasteiger charge is 2.17. The molecule has 2 N–H and O–H groups in total. The number of nitrogens with zero attached hydrogens (tertiary/aromatic N) is 2. The van der Waals surface area contributed by atoms with Crippen molar-refractivity contribution in [2.24, 2.45) is 7.05 Å². The lowest BCUT2D eigenvalue weighted by Gasteiger charge is -2.20. The number of amides is 2. The molecule has 0 aliphatic rings. The number of urea groups is 1. The first kappa shape index (κ1) is 14.8. The van der Waals surface area contributed by atoms with Crippen molar-refractivity contribution in [1.82, 2.24) is 15.1 Å². The molecular weight excluding hydrogens is 288 g/mol. The van der Waals surface area contributed by atoms with E-state index in [0.717, 1.165) is 11.1 Å². The molecule has 2 amide bonds. The predicted molar refractivity (Wildman–Crippen MR) is 90.1 cm³/mol. The molecule has 3 rings (SSSR count). The van der Waals surface area contributed by atoms with Crippen molar-refractivity contribution in [3.63, 3.8) is 0 Å². The second-order valence-electron chi connectivity index (χ2n) is 5.19. The summed E-state index contributed by atoms with van der Waals surface area (Å²) in [6.07, 6.45) is 1.64. The Balaban J connectivity index is 1.82. The average molecular weight is 306 g/mol. The van der Waals surface area contributed by atoms with Crippen LogP contribution >= 0.6 is 0 Å². The van der Waals surface area contributed by atoms with Gasteiger partial charge in [-0.3, -0.25) is 10.00 Å². The molecule has 0 fully saturated rings. The Kier molecular flexibility index (Phi) is 4.38. The van der Waals surface area contributed by atoms with Gasteiger partial charge in [-0.2, -0.15) is 5.10 Å². The molecule has 0 atom stereocenters. The molecule has 0 spiro atoms. The van der Waals surface area contributed by atoms with Crippen LogP contribution in [0.5, 0.6) is 0 Å². The molecule has 2 aromatic carbocycles. The molecule has 0 unspecified atom stereocenters. The van der Waals surface area contributed by atoms with Crippen LogP contribution in [0.1, 0.15) is 17.2 Å². The SMILES string of the molecule is Cn1nccc1NC(=O)NC(c1ccccc1)c1ccccc1. The molecule has 0 saturated heterocycles. The zero-order chi connectivity index (χ0) is 16.1. The first-order valence-corrected chi connectivity index (χ1v) is 7.39. The van der Waals surface area contributed by atoms with Crippen molar-refractivity contribution in [2.45, 2.75) is 6.04 Å². The third-order valence-electron chi connectivity index (χ3n) is 3.60. The Hall–Kier alpha value is -3.08. The van der Waals surface area contributed by atoms with E-state index in [-0.39, 0.29) is 12.1 Å². The lowest BCUT2D eigenvalue weighted by atomic mass is 9.99. The first-order chi connectivity index (χ1) is 11.2. The summed E-state index contributed by atoms with van der Waals surface area (Å²) in [5.41, 5.74) is 2.05. The van der Waals surface area contributed by atoms with Gasteiger partial charge in [-0.15, -0.1) is 0 Å². The summed E-state index contributed by atoms with van der Waals surface area (Å²) < 4.78 is 1.61. The minimum absolute atomic E-state index is 0.217. The van der Waals surface area contributed by atoms with Crippen molar-refractivity contribution < 1.29 is 4.79 Å². The van der Waals surface area contributed by atoms with E-state index in [1.807, 2.05) is 60.7 Å². The third-order valence-corrected chi connectivity index (χ3v) is 3.60. The van der Waals surface area contributed by atoms with Gasteiger partial charge in [0.2, 0.25) is 0 Å². The molecule has 1 aromatic heterocycles. The normalized spacial score (nSPS) is 10.5. The standard InChI is InChI=1S/C18H18N4O/c1-22-16(12-13-19-22)20-18(23)21-17(14-8-4-2-5-9-14)15-10-6-3-7-11-15/h2-13,17H,1H3,(H2,20,21,23). The van der Waals surface area contributed by atoms with Crippen molar-refractivity contribution in [3.05, 3.63) is 84.1 Å². The van der Waals surface area contributed by atoms with Crippen LogP contribution < -0.4 is 10.6 Å². The van der Waals surface area contributed by atoms with Gasteiger partial charge in [-0.25, -0.2) is 4.79 Å². The van der Waals surface area contributed by atoms with Gasteiger partial charge in [-0.05, 0) is 11.1 Å². The number of carbonyl (C=O) groups is 1. The van der Waals surface area contributed by atoms with Crippen LogP contribution in [0.2, 0.25) is 0 Å². The topological polar surface area (TPSA) is 59.0 Å². The quantitative estimate of drug-likeness (QED) is 0.776. The summed E-state index contributed by atoms with van der Waals surface area (Å²) in [6.45, 7) is 0. The highest BCUT2D eigenvalue weighted by Crippen LogP contribution is 2.21. The summed E-state index contributed by atoms with van der Waals surface area (Å²) in [4.78, 5) is 12.4. The van der Waals surface area contributed by atoms with E-state index in [2.05, 4.69) is 15.7 Å². The highest BCUT2D eigenvalue weighted by atomic mass is 16.2. The maximum atomic E-state index is 12.4. The second-order valence-corrected chi connectivity index (χ2v) is 5.19. The lowest BCUT2D eigenvalue weighted by Crippen LogP contribution is -2.33. The van der Waals surface area contributed by atoms with E-state index in [4.69, 9.17) is 0 Å². The van der Waals surface area contributed by atoms with Crippen LogP contribution in [0, 0.1) is 0 Å².